The fourth-order valence-corrected chi connectivity index (χ4v) is 1.48. The highest BCUT2D eigenvalue weighted by atomic mass is 19.4. The normalized spacial score (nSPS) is 12.9. The molecule has 1 atom stereocenters. The molecular weight excluding hydrogens is 247 g/mol. The Bertz CT molecular complexity index is 426. The molecule has 0 radical (unpaired) electrons. The summed E-state index contributed by atoms with van der Waals surface area (Å²) in [6, 6.07) is 3.76. The molecule has 0 fully saturated rings. The number of halogens is 3. The van der Waals surface area contributed by atoms with Crippen LogP contribution in [0.1, 0.15) is 18.1 Å². The van der Waals surface area contributed by atoms with E-state index in [4.69, 9.17) is 0 Å². The number of hydrogen-bond acceptors (Lipinski definition) is 2. The quantitative estimate of drug-likeness (QED) is 0.840. The van der Waals surface area contributed by atoms with Crippen molar-refractivity contribution >= 4 is 12.2 Å². The predicted octanol–water partition coefficient (Wildman–Crippen LogP) is 1.95. The molecular formula is C12H12F3NO2. The number of carbonyl (C=O) groups excluding carboxylic acids is 2. The van der Waals surface area contributed by atoms with E-state index < -0.39 is 17.8 Å². The summed E-state index contributed by atoms with van der Waals surface area (Å²) in [5.74, 6) is -0.362. The zero-order valence-electron chi connectivity index (χ0n) is 9.62. The Labute approximate surface area is 102 Å². The molecule has 1 aromatic carbocycles. The van der Waals surface area contributed by atoms with Gasteiger partial charge in [-0.15, -0.1) is 0 Å². The van der Waals surface area contributed by atoms with E-state index >= 15 is 0 Å². The van der Waals surface area contributed by atoms with E-state index in [9.17, 15) is 22.8 Å². The minimum absolute atomic E-state index is 0.168. The molecule has 3 nitrogen and oxygen atoms in total. The van der Waals surface area contributed by atoms with Crippen LogP contribution in [-0.2, 0) is 22.2 Å². The van der Waals surface area contributed by atoms with Crippen LogP contribution in [0.5, 0.6) is 0 Å². The van der Waals surface area contributed by atoms with Gasteiger partial charge in [0.15, 0.2) is 0 Å². The van der Waals surface area contributed by atoms with Crippen molar-refractivity contribution in [3.05, 3.63) is 35.4 Å². The molecule has 18 heavy (non-hydrogen) atoms. The van der Waals surface area contributed by atoms with Crippen molar-refractivity contribution in [1.29, 1.82) is 0 Å². The summed E-state index contributed by atoms with van der Waals surface area (Å²) in [7, 11) is 0. The fourth-order valence-electron chi connectivity index (χ4n) is 1.48. The van der Waals surface area contributed by atoms with Crippen molar-refractivity contribution in [3.8, 4) is 0 Å². The Morgan fingerprint density at radius 3 is 2.28 bits per heavy atom. The fraction of sp³-hybridized carbons (Fsp3) is 0.333. The molecule has 0 saturated carbocycles. The van der Waals surface area contributed by atoms with Crippen LogP contribution in [0, 0.1) is 0 Å². The molecule has 1 rings (SSSR count). The SMILES string of the molecule is CC(=O)NC(C=O)Cc1ccc(C(F)(F)F)cc1. The molecule has 0 aliphatic carbocycles. The van der Waals surface area contributed by atoms with Gasteiger partial charge in [0, 0.05) is 6.92 Å². The van der Waals surface area contributed by atoms with Gasteiger partial charge in [0.2, 0.25) is 5.91 Å². The molecule has 1 N–H and O–H groups in total. The number of rotatable bonds is 4. The molecule has 0 aromatic heterocycles. The van der Waals surface area contributed by atoms with Crippen molar-refractivity contribution in [2.75, 3.05) is 0 Å². The van der Waals surface area contributed by atoms with Gasteiger partial charge in [-0.1, -0.05) is 12.1 Å². The van der Waals surface area contributed by atoms with E-state index in [0.717, 1.165) is 12.1 Å². The summed E-state index contributed by atoms with van der Waals surface area (Å²) >= 11 is 0. The van der Waals surface area contributed by atoms with Gasteiger partial charge in [0.1, 0.15) is 6.29 Å². The van der Waals surface area contributed by atoms with E-state index in [0.29, 0.717) is 11.8 Å². The Morgan fingerprint density at radius 1 is 1.33 bits per heavy atom. The molecule has 0 aliphatic heterocycles. The third-order valence-corrected chi connectivity index (χ3v) is 2.29. The minimum atomic E-state index is -4.37. The molecule has 6 heteroatoms. The van der Waals surface area contributed by atoms with Gasteiger partial charge in [-0.25, -0.2) is 0 Å². The van der Waals surface area contributed by atoms with Crippen LogP contribution >= 0.6 is 0 Å². The minimum Gasteiger partial charge on any atom is -0.346 e. The van der Waals surface area contributed by atoms with E-state index in [1.54, 1.807) is 0 Å². The summed E-state index contributed by atoms with van der Waals surface area (Å²) in [5, 5.41) is 2.39. The summed E-state index contributed by atoms with van der Waals surface area (Å²) in [5.41, 5.74) is -0.192. The first kappa shape index (κ1) is 14.2. The maximum atomic E-state index is 12.3. The lowest BCUT2D eigenvalue weighted by atomic mass is 10.0. The summed E-state index contributed by atoms with van der Waals surface area (Å²) < 4.78 is 36.9. The van der Waals surface area contributed by atoms with Crippen LogP contribution in [0.25, 0.3) is 0 Å². The van der Waals surface area contributed by atoms with Crippen molar-refractivity contribution < 1.29 is 22.8 Å². The van der Waals surface area contributed by atoms with Gasteiger partial charge in [-0.3, -0.25) is 4.79 Å². The van der Waals surface area contributed by atoms with Crippen LogP contribution in [0.2, 0.25) is 0 Å². The highest BCUT2D eigenvalue weighted by Crippen LogP contribution is 2.29. The van der Waals surface area contributed by atoms with Crippen LogP contribution in [0.3, 0.4) is 0 Å². The summed E-state index contributed by atoms with van der Waals surface area (Å²) in [4.78, 5) is 21.4. The first-order chi connectivity index (χ1) is 8.32. The van der Waals surface area contributed by atoms with Gasteiger partial charge in [-0.05, 0) is 24.1 Å². The highest BCUT2D eigenvalue weighted by molar-refractivity contribution is 5.77. The van der Waals surface area contributed by atoms with Crippen molar-refractivity contribution in [3.63, 3.8) is 0 Å². The third kappa shape index (κ3) is 4.20. The smallest absolute Gasteiger partial charge is 0.346 e. The number of hydrogen-bond donors (Lipinski definition) is 1. The largest absolute Gasteiger partial charge is 0.416 e. The maximum Gasteiger partial charge on any atom is 0.416 e. The standard InChI is InChI=1S/C12H12F3NO2/c1-8(18)16-11(7-17)6-9-2-4-10(5-3-9)12(13,14)15/h2-5,7,11H,6H2,1H3,(H,16,18). The molecule has 98 valence electrons. The molecule has 0 heterocycles. The van der Waals surface area contributed by atoms with Gasteiger partial charge >= 0.3 is 6.18 Å². The van der Waals surface area contributed by atoms with Crippen molar-refractivity contribution in [2.24, 2.45) is 0 Å². The lowest BCUT2D eigenvalue weighted by molar-refractivity contribution is -0.137. The number of nitrogens with one attached hydrogen (secondary N) is 1. The molecule has 1 amide bonds. The predicted molar refractivity (Wildman–Crippen MR) is 58.8 cm³/mol. The van der Waals surface area contributed by atoms with E-state index in [-0.39, 0.29) is 12.3 Å². The molecule has 0 aliphatic rings. The second kappa shape index (κ2) is 5.66. The average molecular weight is 259 g/mol. The number of carbonyl (C=O) groups is 2. The second-order valence-electron chi connectivity index (χ2n) is 3.84. The van der Waals surface area contributed by atoms with Gasteiger partial charge in [-0.2, -0.15) is 13.2 Å². The monoisotopic (exact) mass is 259 g/mol. The number of aldehydes is 1. The third-order valence-electron chi connectivity index (χ3n) is 2.29. The summed E-state index contributed by atoms with van der Waals surface area (Å²) in [6.07, 6.45) is -3.65. The Hall–Kier alpha value is -1.85. The molecule has 1 unspecified atom stereocenters. The first-order valence-electron chi connectivity index (χ1n) is 5.21. The zero-order chi connectivity index (χ0) is 13.8. The van der Waals surface area contributed by atoms with Gasteiger partial charge < -0.3 is 10.1 Å². The van der Waals surface area contributed by atoms with Gasteiger partial charge in [0.25, 0.3) is 0 Å². The summed E-state index contributed by atoms with van der Waals surface area (Å²) in [6.45, 7) is 1.27. The van der Waals surface area contributed by atoms with E-state index in [1.165, 1.54) is 19.1 Å². The van der Waals surface area contributed by atoms with Crippen molar-refractivity contribution in [1.82, 2.24) is 5.32 Å². The number of benzene rings is 1. The number of alkyl halides is 3. The maximum absolute atomic E-state index is 12.3. The van der Waals surface area contributed by atoms with Gasteiger partial charge in [0.05, 0.1) is 11.6 Å². The lowest BCUT2D eigenvalue weighted by Gasteiger charge is -2.12. The topological polar surface area (TPSA) is 46.2 Å². The lowest BCUT2D eigenvalue weighted by Crippen LogP contribution is -2.35. The van der Waals surface area contributed by atoms with E-state index in [2.05, 4.69) is 5.32 Å². The van der Waals surface area contributed by atoms with E-state index in [1.807, 2.05) is 0 Å². The molecule has 0 spiro atoms. The first-order valence-corrected chi connectivity index (χ1v) is 5.21. The average Bonchev–Trinajstić information content (AvgIpc) is 2.27. The van der Waals surface area contributed by atoms with Crippen LogP contribution < -0.4 is 5.32 Å². The molecule has 0 bridgehead atoms. The number of amides is 1. The Kier molecular flexibility index (Phi) is 4.47. The Balaban J connectivity index is 2.74. The van der Waals surface area contributed by atoms with Crippen LogP contribution in [0.4, 0.5) is 13.2 Å². The molecule has 1 aromatic rings. The van der Waals surface area contributed by atoms with Crippen LogP contribution in [0.15, 0.2) is 24.3 Å². The van der Waals surface area contributed by atoms with Crippen LogP contribution in [-0.4, -0.2) is 18.2 Å². The highest BCUT2D eigenvalue weighted by Gasteiger charge is 2.29. The molecule has 0 saturated heterocycles. The zero-order valence-corrected chi connectivity index (χ0v) is 9.62. The van der Waals surface area contributed by atoms with Crippen molar-refractivity contribution in [2.45, 2.75) is 25.6 Å². The second-order valence-corrected chi connectivity index (χ2v) is 3.84. The Morgan fingerprint density at radius 2 is 1.89 bits per heavy atom.